The predicted molar refractivity (Wildman–Crippen MR) is 51.6 cm³/mol. The Morgan fingerprint density at radius 3 is 2.80 bits per heavy atom. The molecule has 0 aromatic carbocycles. The number of rotatable bonds is 4. The summed E-state index contributed by atoms with van der Waals surface area (Å²) in [5.41, 5.74) is 0.364. The number of hydrogen-bond donors (Lipinski definition) is 3. The molecule has 0 spiro atoms. The standard InChI is InChI=1S/C10H12N2O3/c11-6-7-2-1-4-12-9(7)10(15)8(14)3-5-13/h1-2,4,8,10,13-15H,3,5H2. The van der Waals surface area contributed by atoms with Crippen molar-refractivity contribution in [3.05, 3.63) is 29.6 Å². The highest BCUT2D eigenvalue weighted by Gasteiger charge is 2.21. The van der Waals surface area contributed by atoms with Crippen LogP contribution >= 0.6 is 0 Å². The van der Waals surface area contributed by atoms with Crippen LogP contribution < -0.4 is 0 Å². The van der Waals surface area contributed by atoms with Crippen LogP contribution in [-0.2, 0) is 0 Å². The zero-order valence-corrected chi connectivity index (χ0v) is 8.04. The second-order valence-corrected chi connectivity index (χ2v) is 3.07. The van der Waals surface area contributed by atoms with Crippen LogP contribution in [-0.4, -0.2) is 33.0 Å². The second kappa shape index (κ2) is 5.41. The molecule has 5 nitrogen and oxygen atoms in total. The largest absolute Gasteiger partial charge is 0.396 e. The molecule has 0 fully saturated rings. The summed E-state index contributed by atoms with van der Waals surface area (Å²) in [7, 11) is 0. The fourth-order valence-corrected chi connectivity index (χ4v) is 1.22. The Labute approximate surface area is 87.3 Å². The van der Waals surface area contributed by atoms with E-state index in [4.69, 9.17) is 10.4 Å². The first-order valence-electron chi connectivity index (χ1n) is 4.52. The first-order valence-corrected chi connectivity index (χ1v) is 4.52. The van der Waals surface area contributed by atoms with Gasteiger partial charge in [0.2, 0.25) is 0 Å². The third-order valence-electron chi connectivity index (χ3n) is 2.03. The van der Waals surface area contributed by atoms with Gasteiger partial charge in [0.25, 0.3) is 0 Å². The van der Waals surface area contributed by atoms with E-state index in [1.807, 2.05) is 6.07 Å². The average molecular weight is 208 g/mol. The molecule has 3 N–H and O–H groups in total. The van der Waals surface area contributed by atoms with Crippen LogP contribution in [0.15, 0.2) is 18.3 Å². The summed E-state index contributed by atoms with van der Waals surface area (Å²) in [6.07, 6.45) is -0.877. The van der Waals surface area contributed by atoms with Gasteiger partial charge in [0.1, 0.15) is 12.2 Å². The van der Waals surface area contributed by atoms with Crippen LogP contribution in [0.25, 0.3) is 0 Å². The van der Waals surface area contributed by atoms with Crippen molar-refractivity contribution < 1.29 is 15.3 Å². The summed E-state index contributed by atoms with van der Waals surface area (Å²) >= 11 is 0. The maximum Gasteiger partial charge on any atom is 0.123 e. The van der Waals surface area contributed by atoms with E-state index in [1.54, 1.807) is 6.07 Å². The third-order valence-corrected chi connectivity index (χ3v) is 2.03. The van der Waals surface area contributed by atoms with Crippen LogP contribution in [0.5, 0.6) is 0 Å². The molecule has 1 aromatic rings. The summed E-state index contributed by atoms with van der Waals surface area (Å²) in [6.45, 7) is -0.229. The van der Waals surface area contributed by atoms with Gasteiger partial charge in [-0.1, -0.05) is 0 Å². The molecule has 80 valence electrons. The van der Waals surface area contributed by atoms with Crippen LogP contribution in [0, 0.1) is 11.3 Å². The lowest BCUT2D eigenvalue weighted by Crippen LogP contribution is -2.21. The molecular formula is C10H12N2O3. The molecule has 0 radical (unpaired) electrons. The Morgan fingerprint density at radius 1 is 1.47 bits per heavy atom. The number of aliphatic hydroxyl groups is 3. The number of nitrogens with zero attached hydrogens (tertiary/aromatic N) is 2. The van der Waals surface area contributed by atoms with Gasteiger partial charge in [-0.3, -0.25) is 4.98 Å². The fraction of sp³-hybridized carbons (Fsp3) is 0.400. The Bertz CT molecular complexity index is 362. The van der Waals surface area contributed by atoms with Crippen molar-refractivity contribution >= 4 is 0 Å². The van der Waals surface area contributed by atoms with Crippen LogP contribution in [0.3, 0.4) is 0 Å². The highest BCUT2D eigenvalue weighted by Crippen LogP contribution is 2.19. The number of pyridine rings is 1. The van der Waals surface area contributed by atoms with Gasteiger partial charge in [-0.15, -0.1) is 0 Å². The van der Waals surface area contributed by atoms with E-state index >= 15 is 0 Å². The maximum absolute atomic E-state index is 9.66. The normalized spacial score (nSPS) is 14.3. The summed E-state index contributed by atoms with van der Waals surface area (Å²) in [4.78, 5) is 3.84. The quantitative estimate of drug-likeness (QED) is 0.632. The van der Waals surface area contributed by atoms with E-state index < -0.39 is 12.2 Å². The SMILES string of the molecule is N#Cc1cccnc1C(O)C(O)CCO. The molecule has 0 saturated carbocycles. The predicted octanol–water partition coefficient (Wildman–Crippen LogP) is -0.270. The molecule has 0 aliphatic heterocycles. The van der Waals surface area contributed by atoms with Gasteiger partial charge in [0.15, 0.2) is 0 Å². The van der Waals surface area contributed by atoms with E-state index in [1.165, 1.54) is 12.3 Å². The molecule has 1 aromatic heterocycles. The van der Waals surface area contributed by atoms with Gasteiger partial charge in [-0.05, 0) is 18.6 Å². The molecule has 1 rings (SSSR count). The van der Waals surface area contributed by atoms with Crippen molar-refractivity contribution in [1.29, 1.82) is 5.26 Å². The molecule has 0 aliphatic rings. The van der Waals surface area contributed by atoms with Gasteiger partial charge in [0, 0.05) is 12.8 Å². The Morgan fingerprint density at radius 2 is 2.20 bits per heavy atom. The minimum Gasteiger partial charge on any atom is -0.396 e. The Balaban J connectivity index is 2.91. The fourth-order valence-electron chi connectivity index (χ4n) is 1.22. The topological polar surface area (TPSA) is 97.4 Å². The second-order valence-electron chi connectivity index (χ2n) is 3.07. The van der Waals surface area contributed by atoms with E-state index in [2.05, 4.69) is 4.98 Å². The van der Waals surface area contributed by atoms with Gasteiger partial charge in [-0.25, -0.2) is 0 Å². The van der Waals surface area contributed by atoms with Crippen molar-refractivity contribution in [2.75, 3.05) is 6.61 Å². The molecular weight excluding hydrogens is 196 g/mol. The molecule has 2 unspecified atom stereocenters. The van der Waals surface area contributed by atoms with Gasteiger partial charge in [-0.2, -0.15) is 5.26 Å². The van der Waals surface area contributed by atoms with Crippen LogP contribution in [0.1, 0.15) is 23.8 Å². The number of aromatic nitrogens is 1. The highest BCUT2D eigenvalue weighted by molar-refractivity contribution is 5.34. The molecule has 2 atom stereocenters. The van der Waals surface area contributed by atoms with Crippen LogP contribution in [0.2, 0.25) is 0 Å². The molecule has 0 aliphatic carbocycles. The van der Waals surface area contributed by atoms with Gasteiger partial charge >= 0.3 is 0 Å². The molecule has 5 heteroatoms. The van der Waals surface area contributed by atoms with Gasteiger partial charge in [0.05, 0.1) is 17.4 Å². The van der Waals surface area contributed by atoms with E-state index in [0.29, 0.717) is 0 Å². The van der Waals surface area contributed by atoms with Crippen LogP contribution in [0.4, 0.5) is 0 Å². The van der Waals surface area contributed by atoms with Crippen molar-refractivity contribution in [3.63, 3.8) is 0 Å². The van der Waals surface area contributed by atoms with Gasteiger partial charge < -0.3 is 15.3 Å². The van der Waals surface area contributed by atoms with E-state index in [9.17, 15) is 10.2 Å². The van der Waals surface area contributed by atoms with E-state index in [0.717, 1.165) is 0 Å². The maximum atomic E-state index is 9.66. The van der Waals surface area contributed by atoms with Crippen molar-refractivity contribution in [2.24, 2.45) is 0 Å². The minimum atomic E-state index is -1.24. The zero-order valence-electron chi connectivity index (χ0n) is 8.04. The Hall–Kier alpha value is -1.48. The smallest absolute Gasteiger partial charge is 0.123 e. The zero-order chi connectivity index (χ0) is 11.3. The Kier molecular flexibility index (Phi) is 4.18. The number of hydrogen-bond acceptors (Lipinski definition) is 5. The summed E-state index contributed by atoms with van der Waals surface area (Å²) in [5.74, 6) is 0. The third kappa shape index (κ3) is 2.73. The monoisotopic (exact) mass is 208 g/mol. The molecule has 0 saturated heterocycles. The lowest BCUT2D eigenvalue weighted by atomic mass is 10.0. The molecule has 0 bridgehead atoms. The first kappa shape index (κ1) is 11.6. The molecule has 0 amide bonds. The lowest BCUT2D eigenvalue weighted by molar-refractivity contribution is 0.00176. The number of nitriles is 1. The number of aliphatic hydroxyl groups excluding tert-OH is 3. The van der Waals surface area contributed by atoms with Crippen molar-refractivity contribution in [2.45, 2.75) is 18.6 Å². The summed E-state index contributed by atoms with van der Waals surface area (Å²) < 4.78 is 0. The minimum absolute atomic E-state index is 0.0443. The summed E-state index contributed by atoms with van der Waals surface area (Å²) in [5, 5.41) is 36.4. The highest BCUT2D eigenvalue weighted by atomic mass is 16.3. The molecule has 15 heavy (non-hydrogen) atoms. The van der Waals surface area contributed by atoms with Crippen molar-refractivity contribution in [1.82, 2.24) is 4.98 Å². The average Bonchev–Trinajstić information content (AvgIpc) is 2.28. The lowest BCUT2D eigenvalue weighted by Gasteiger charge is -2.16. The first-order chi connectivity index (χ1) is 7.20. The molecule has 1 heterocycles. The summed E-state index contributed by atoms with van der Waals surface area (Å²) in [6, 6.07) is 4.97. The van der Waals surface area contributed by atoms with Crippen molar-refractivity contribution in [3.8, 4) is 6.07 Å². The van der Waals surface area contributed by atoms with E-state index in [-0.39, 0.29) is 24.3 Å².